The second-order valence-electron chi connectivity index (χ2n) is 7.29. The molecule has 140 valence electrons. The Morgan fingerprint density at radius 2 is 2.31 bits per heavy atom. The van der Waals surface area contributed by atoms with Gasteiger partial charge in [-0.25, -0.2) is 4.98 Å². The average Bonchev–Trinajstić information content (AvgIpc) is 3.32. The highest BCUT2D eigenvalue weighted by atomic mass is 32.1. The Bertz CT molecular complexity index is 826. The standard InChI is InChI=1S/C18H25N5O2S/c24-17(14-4-1-6-19-14)20-9-12-3-2-7-23(10-12)11-15-21-13-5-8-26-16(13)18(25)22-15/h5,8,12,14,19H,1-4,6-7,9-11H2,(H,20,24)(H,21,22,25). The Labute approximate surface area is 156 Å². The smallest absolute Gasteiger partial charge is 0.268 e. The number of amides is 1. The number of aromatic amines is 1. The molecular formula is C18H25N5O2S. The van der Waals surface area contributed by atoms with E-state index >= 15 is 0 Å². The zero-order valence-corrected chi connectivity index (χ0v) is 15.6. The molecule has 26 heavy (non-hydrogen) atoms. The fourth-order valence-electron chi connectivity index (χ4n) is 3.95. The Balaban J connectivity index is 1.32. The lowest BCUT2D eigenvalue weighted by atomic mass is 9.98. The molecular weight excluding hydrogens is 350 g/mol. The first kappa shape index (κ1) is 17.6. The molecule has 0 bridgehead atoms. The van der Waals surface area contributed by atoms with E-state index in [0.717, 1.165) is 63.2 Å². The van der Waals surface area contributed by atoms with Gasteiger partial charge in [-0.2, -0.15) is 0 Å². The molecule has 0 spiro atoms. The molecule has 2 fully saturated rings. The molecule has 1 amide bonds. The minimum Gasteiger partial charge on any atom is -0.354 e. The highest BCUT2D eigenvalue weighted by Gasteiger charge is 2.25. The number of hydrogen-bond acceptors (Lipinski definition) is 6. The van der Waals surface area contributed by atoms with Crippen LogP contribution in [0.1, 0.15) is 31.5 Å². The van der Waals surface area contributed by atoms with Crippen molar-refractivity contribution in [3.8, 4) is 0 Å². The second kappa shape index (κ2) is 7.85. The minimum atomic E-state index is -0.0510. The van der Waals surface area contributed by atoms with Gasteiger partial charge in [0, 0.05) is 13.1 Å². The van der Waals surface area contributed by atoms with Gasteiger partial charge < -0.3 is 15.6 Å². The minimum absolute atomic E-state index is 0.0127. The van der Waals surface area contributed by atoms with Crippen LogP contribution >= 0.6 is 11.3 Å². The number of carbonyl (C=O) groups is 1. The molecule has 2 aliphatic rings. The van der Waals surface area contributed by atoms with E-state index in [1.807, 2.05) is 11.4 Å². The molecule has 4 rings (SSSR count). The molecule has 2 aliphatic heterocycles. The van der Waals surface area contributed by atoms with Gasteiger partial charge in [-0.1, -0.05) is 0 Å². The van der Waals surface area contributed by atoms with Crippen molar-refractivity contribution in [3.63, 3.8) is 0 Å². The van der Waals surface area contributed by atoms with Crippen LogP contribution in [0.2, 0.25) is 0 Å². The van der Waals surface area contributed by atoms with Crippen molar-refractivity contribution in [1.29, 1.82) is 0 Å². The molecule has 2 atom stereocenters. The highest BCUT2D eigenvalue weighted by Crippen LogP contribution is 2.19. The van der Waals surface area contributed by atoms with Gasteiger partial charge in [-0.05, 0) is 56.1 Å². The summed E-state index contributed by atoms with van der Waals surface area (Å²) in [6.07, 6.45) is 4.25. The predicted molar refractivity (Wildman–Crippen MR) is 102 cm³/mol. The monoisotopic (exact) mass is 375 g/mol. The highest BCUT2D eigenvalue weighted by molar-refractivity contribution is 7.17. The molecule has 0 saturated carbocycles. The van der Waals surface area contributed by atoms with Gasteiger partial charge >= 0.3 is 0 Å². The Kier molecular flexibility index (Phi) is 5.33. The van der Waals surface area contributed by atoms with Crippen molar-refractivity contribution in [2.24, 2.45) is 5.92 Å². The Morgan fingerprint density at radius 3 is 3.15 bits per heavy atom. The molecule has 4 heterocycles. The molecule has 0 aromatic carbocycles. The average molecular weight is 375 g/mol. The largest absolute Gasteiger partial charge is 0.354 e. The molecule has 3 N–H and O–H groups in total. The fraction of sp³-hybridized carbons (Fsp3) is 0.611. The maximum Gasteiger partial charge on any atom is 0.268 e. The molecule has 8 heteroatoms. The van der Waals surface area contributed by atoms with Gasteiger partial charge in [0.15, 0.2) is 0 Å². The van der Waals surface area contributed by atoms with Crippen molar-refractivity contribution in [3.05, 3.63) is 27.6 Å². The maximum absolute atomic E-state index is 12.2. The van der Waals surface area contributed by atoms with Crippen molar-refractivity contribution in [2.75, 3.05) is 26.2 Å². The number of piperidine rings is 1. The summed E-state index contributed by atoms with van der Waals surface area (Å²) in [6, 6.07) is 1.88. The summed E-state index contributed by atoms with van der Waals surface area (Å²) in [5.74, 6) is 1.31. The third-order valence-corrected chi connectivity index (χ3v) is 6.18. The van der Waals surface area contributed by atoms with Gasteiger partial charge in [0.25, 0.3) is 5.56 Å². The van der Waals surface area contributed by atoms with E-state index in [9.17, 15) is 9.59 Å². The van der Waals surface area contributed by atoms with E-state index in [-0.39, 0.29) is 17.5 Å². The van der Waals surface area contributed by atoms with E-state index in [1.165, 1.54) is 11.3 Å². The lowest BCUT2D eigenvalue weighted by Crippen LogP contribution is -2.45. The topological polar surface area (TPSA) is 90.1 Å². The number of rotatable bonds is 5. The number of nitrogens with zero attached hydrogens (tertiary/aromatic N) is 2. The third kappa shape index (κ3) is 3.97. The van der Waals surface area contributed by atoms with Crippen LogP contribution in [0.3, 0.4) is 0 Å². The van der Waals surface area contributed by atoms with Gasteiger partial charge in [0.1, 0.15) is 10.5 Å². The number of nitrogens with one attached hydrogen (secondary N) is 3. The summed E-state index contributed by atoms with van der Waals surface area (Å²) in [6.45, 7) is 4.23. The molecule has 2 aromatic heterocycles. The van der Waals surface area contributed by atoms with Crippen molar-refractivity contribution in [2.45, 2.75) is 38.3 Å². The number of hydrogen-bond donors (Lipinski definition) is 3. The first-order chi connectivity index (χ1) is 12.7. The molecule has 2 aromatic rings. The van der Waals surface area contributed by atoms with Gasteiger partial charge in [0.2, 0.25) is 5.91 Å². The first-order valence-electron chi connectivity index (χ1n) is 9.39. The zero-order chi connectivity index (χ0) is 17.9. The van der Waals surface area contributed by atoms with Crippen molar-refractivity contribution in [1.82, 2.24) is 25.5 Å². The molecule has 2 unspecified atom stereocenters. The summed E-state index contributed by atoms with van der Waals surface area (Å²) in [7, 11) is 0. The summed E-state index contributed by atoms with van der Waals surface area (Å²) >= 11 is 1.42. The normalized spacial score (nSPS) is 24.2. The molecule has 2 saturated heterocycles. The van der Waals surface area contributed by atoms with E-state index in [2.05, 4.69) is 25.5 Å². The maximum atomic E-state index is 12.2. The number of likely N-dealkylation sites (tertiary alicyclic amines) is 1. The van der Waals surface area contributed by atoms with E-state index in [4.69, 9.17) is 0 Å². The molecule has 0 radical (unpaired) electrons. The van der Waals surface area contributed by atoms with Gasteiger partial charge in [0.05, 0.1) is 18.1 Å². The van der Waals surface area contributed by atoms with Gasteiger partial charge in [-0.3, -0.25) is 14.5 Å². The lowest BCUT2D eigenvalue weighted by molar-refractivity contribution is -0.123. The van der Waals surface area contributed by atoms with Crippen LogP contribution in [0.4, 0.5) is 0 Å². The Morgan fingerprint density at radius 1 is 1.38 bits per heavy atom. The fourth-order valence-corrected chi connectivity index (χ4v) is 4.67. The third-order valence-electron chi connectivity index (χ3n) is 5.28. The van der Waals surface area contributed by atoms with E-state index in [0.29, 0.717) is 17.2 Å². The van der Waals surface area contributed by atoms with Crippen molar-refractivity contribution >= 4 is 27.5 Å². The molecule has 0 aliphatic carbocycles. The number of H-pyrrole nitrogens is 1. The SMILES string of the molecule is O=C(NCC1CCCN(Cc2nc3ccsc3c(=O)[nH]2)C1)C1CCCN1. The van der Waals surface area contributed by atoms with E-state index in [1.54, 1.807) is 0 Å². The summed E-state index contributed by atoms with van der Waals surface area (Å²) in [4.78, 5) is 34.1. The van der Waals surface area contributed by atoms with Crippen LogP contribution in [0.15, 0.2) is 16.2 Å². The summed E-state index contributed by atoms with van der Waals surface area (Å²) in [5.41, 5.74) is 0.725. The van der Waals surface area contributed by atoms with Crippen LogP contribution in [0.5, 0.6) is 0 Å². The van der Waals surface area contributed by atoms with Crippen LogP contribution in [0.25, 0.3) is 10.2 Å². The second-order valence-corrected chi connectivity index (χ2v) is 8.20. The number of fused-ring (bicyclic) bond motifs is 1. The van der Waals surface area contributed by atoms with Crippen LogP contribution in [-0.2, 0) is 11.3 Å². The zero-order valence-electron chi connectivity index (χ0n) is 14.8. The van der Waals surface area contributed by atoms with Crippen LogP contribution < -0.4 is 16.2 Å². The van der Waals surface area contributed by atoms with E-state index < -0.39 is 0 Å². The predicted octanol–water partition coefficient (Wildman–Crippen LogP) is 1.06. The quantitative estimate of drug-likeness (QED) is 0.727. The Hall–Kier alpha value is -1.77. The first-order valence-corrected chi connectivity index (χ1v) is 10.3. The number of thiophene rings is 1. The molecule has 7 nitrogen and oxygen atoms in total. The lowest BCUT2D eigenvalue weighted by Gasteiger charge is -2.32. The summed E-state index contributed by atoms with van der Waals surface area (Å²) in [5, 5.41) is 8.25. The van der Waals surface area contributed by atoms with Crippen LogP contribution in [0, 0.1) is 5.92 Å². The van der Waals surface area contributed by atoms with Crippen molar-refractivity contribution < 1.29 is 4.79 Å². The number of carbonyl (C=O) groups excluding carboxylic acids is 1. The summed E-state index contributed by atoms with van der Waals surface area (Å²) < 4.78 is 0.688. The number of aromatic nitrogens is 2. The van der Waals surface area contributed by atoms with Gasteiger partial charge in [-0.15, -0.1) is 11.3 Å². The van der Waals surface area contributed by atoms with Crippen LogP contribution in [-0.4, -0.2) is 53.0 Å².